The Labute approximate surface area is 199 Å². The number of rotatable bonds is 6. The third kappa shape index (κ3) is 8.31. The molecule has 1 aliphatic carbocycles. The number of ether oxygens (including phenoxy) is 3. The molecule has 2 aliphatic rings. The van der Waals surface area contributed by atoms with Gasteiger partial charge in [-0.3, -0.25) is 0 Å². The number of piperidine rings is 1. The molecule has 3 rings (SSSR count). The SMILES string of the molecule is CC(C)(C)COC1CC(OC2CCN(c3cc(C#CCOC(C)(C)C)ncc3C#N)CC2)C1. The zero-order valence-corrected chi connectivity index (χ0v) is 21.1. The number of nitrogens with zero attached hydrogens (tertiary/aromatic N) is 3. The molecule has 0 amide bonds. The van der Waals surface area contributed by atoms with Gasteiger partial charge in [0.05, 0.1) is 41.8 Å². The Morgan fingerprint density at radius 2 is 1.76 bits per heavy atom. The Morgan fingerprint density at radius 3 is 2.36 bits per heavy atom. The average Bonchev–Trinajstić information content (AvgIpc) is 2.71. The van der Waals surface area contributed by atoms with Gasteiger partial charge in [0.2, 0.25) is 0 Å². The van der Waals surface area contributed by atoms with Crippen molar-refractivity contribution in [3.63, 3.8) is 0 Å². The lowest BCUT2D eigenvalue weighted by atomic mass is 9.90. The van der Waals surface area contributed by atoms with E-state index in [2.05, 4.69) is 48.6 Å². The Bertz CT molecular complexity index is 884. The topological polar surface area (TPSA) is 67.6 Å². The maximum Gasteiger partial charge on any atom is 0.115 e. The van der Waals surface area contributed by atoms with Crippen LogP contribution < -0.4 is 4.90 Å². The molecule has 1 aromatic rings. The Morgan fingerprint density at radius 1 is 1.06 bits per heavy atom. The smallest absolute Gasteiger partial charge is 0.115 e. The summed E-state index contributed by atoms with van der Waals surface area (Å²) in [6.07, 6.45) is 6.47. The molecule has 0 aromatic carbocycles. The number of anilines is 1. The van der Waals surface area contributed by atoms with Gasteiger partial charge in [0.25, 0.3) is 0 Å². The van der Waals surface area contributed by atoms with Gasteiger partial charge in [-0.05, 0) is 63.9 Å². The molecule has 0 atom stereocenters. The molecule has 33 heavy (non-hydrogen) atoms. The average molecular weight is 454 g/mol. The lowest BCUT2D eigenvalue weighted by Crippen LogP contribution is -2.44. The lowest BCUT2D eigenvalue weighted by Gasteiger charge is -2.41. The van der Waals surface area contributed by atoms with Crippen LogP contribution in [0.25, 0.3) is 0 Å². The Balaban J connectivity index is 1.48. The Hall–Kier alpha value is -2.12. The Kier molecular flexibility index (Phi) is 8.40. The van der Waals surface area contributed by atoms with Crippen molar-refractivity contribution in [2.45, 2.75) is 91.1 Å². The van der Waals surface area contributed by atoms with Gasteiger partial charge in [0, 0.05) is 19.3 Å². The van der Waals surface area contributed by atoms with Crippen LogP contribution in [-0.2, 0) is 14.2 Å². The zero-order valence-electron chi connectivity index (χ0n) is 21.1. The monoisotopic (exact) mass is 453 g/mol. The molecule has 0 radical (unpaired) electrons. The van der Waals surface area contributed by atoms with Gasteiger partial charge in [-0.25, -0.2) is 4.98 Å². The predicted octanol–water partition coefficient (Wildman–Crippen LogP) is 4.70. The van der Waals surface area contributed by atoms with E-state index in [0.29, 0.717) is 30.1 Å². The summed E-state index contributed by atoms with van der Waals surface area (Å²) in [5, 5.41) is 9.56. The van der Waals surface area contributed by atoms with Crippen molar-refractivity contribution in [2.24, 2.45) is 5.41 Å². The van der Waals surface area contributed by atoms with E-state index in [9.17, 15) is 5.26 Å². The maximum atomic E-state index is 9.56. The first kappa shape index (κ1) is 25.5. The van der Waals surface area contributed by atoms with Crippen LogP contribution in [0.3, 0.4) is 0 Å². The van der Waals surface area contributed by atoms with Crippen LogP contribution in [0.5, 0.6) is 0 Å². The van der Waals surface area contributed by atoms with Crippen LogP contribution in [0, 0.1) is 28.6 Å². The van der Waals surface area contributed by atoms with Crippen LogP contribution in [-0.4, -0.2) is 55.2 Å². The second-order valence-electron chi connectivity index (χ2n) is 11.3. The second kappa shape index (κ2) is 10.9. The van der Waals surface area contributed by atoms with Crippen molar-refractivity contribution in [3.05, 3.63) is 23.5 Å². The fraction of sp³-hybridized carbons (Fsp3) is 0.704. The molecule has 0 N–H and O–H groups in total. The van der Waals surface area contributed by atoms with Crippen molar-refractivity contribution in [2.75, 3.05) is 31.2 Å². The maximum absolute atomic E-state index is 9.56. The standard InChI is InChI=1S/C27H39N3O3/c1-26(2,3)19-31-23-15-24(16-23)33-22-9-11-30(12-10-22)25-14-21(29-18-20(25)17-28)8-7-13-32-27(4,5)6/h14,18,22-24H,9-13,15-16,19H2,1-6H3. The van der Waals surface area contributed by atoms with E-state index in [1.165, 1.54) is 0 Å². The summed E-state index contributed by atoms with van der Waals surface area (Å²) in [4.78, 5) is 6.59. The van der Waals surface area contributed by atoms with Crippen molar-refractivity contribution in [3.8, 4) is 17.9 Å². The number of aromatic nitrogens is 1. The molecular formula is C27H39N3O3. The molecule has 1 saturated carbocycles. The van der Waals surface area contributed by atoms with Gasteiger partial charge in [0.1, 0.15) is 18.4 Å². The van der Waals surface area contributed by atoms with E-state index < -0.39 is 0 Å². The summed E-state index contributed by atoms with van der Waals surface area (Å²) in [7, 11) is 0. The van der Waals surface area contributed by atoms with Crippen LogP contribution in [0.15, 0.2) is 12.3 Å². The minimum atomic E-state index is -0.218. The van der Waals surface area contributed by atoms with Gasteiger partial charge in [-0.1, -0.05) is 26.7 Å². The highest BCUT2D eigenvalue weighted by Gasteiger charge is 2.34. The van der Waals surface area contributed by atoms with E-state index in [0.717, 1.165) is 51.1 Å². The van der Waals surface area contributed by atoms with E-state index >= 15 is 0 Å². The first-order valence-corrected chi connectivity index (χ1v) is 12.1. The summed E-state index contributed by atoms with van der Waals surface area (Å²) in [5.41, 5.74) is 2.15. The largest absolute Gasteiger partial charge is 0.377 e. The predicted molar refractivity (Wildman–Crippen MR) is 130 cm³/mol. The quantitative estimate of drug-likeness (QED) is 0.582. The zero-order chi connectivity index (χ0) is 24.1. The van der Waals surface area contributed by atoms with Crippen LogP contribution >= 0.6 is 0 Å². The first-order chi connectivity index (χ1) is 15.5. The summed E-state index contributed by atoms with van der Waals surface area (Å²) >= 11 is 0. The minimum absolute atomic E-state index is 0.208. The molecule has 1 saturated heterocycles. The molecule has 2 heterocycles. The van der Waals surface area contributed by atoms with Crippen molar-refractivity contribution < 1.29 is 14.2 Å². The summed E-state index contributed by atoms with van der Waals surface area (Å²) in [6, 6.07) is 4.20. The number of hydrogen-bond acceptors (Lipinski definition) is 6. The van der Waals surface area contributed by atoms with Gasteiger partial charge < -0.3 is 19.1 Å². The molecule has 0 spiro atoms. The normalized spacial score (nSPS) is 21.7. The minimum Gasteiger partial charge on any atom is -0.377 e. The molecule has 0 bridgehead atoms. The molecule has 2 fully saturated rings. The number of pyridine rings is 1. The van der Waals surface area contributed by atoms with Crippen LogP contribution in [0.4, 0.5) is 5.69 Å². The molecule has 6 heteroatoms. The van der Waals surface area contributed by atoms with Crippen molar-refractivity contribution in [1.82, 2.24) is 4.98 Å². The molecular weight excluding hydrogens is 414 g/mol. The van der Waals surface area contributed by atoms with E-state index in [-0.39, 0.29) is 17.1 Å². The third-order valence-electron chi connectivity index (χ3n) is 5.77. The van der Waals surface area contributed by atoms with Gasteiger partial charge in [-0.15, -0.1) is 0 Å². The summed E-state index contributed by atoms with van der Waals surface area (Å²) in [6.45, 7) is 15.5. The number of nitriles is 1. The van der Waals surface area contributed by atoms with E-state index in [4.69, 9.17) is 14.2 Å². The molecule has 180 valence electrons. The van der Waals surface area contributed by atoms with E-state index in [1.54, 1.807) is 6.20 Å². The van der Waals surface area contributed by atoms with Crippen LogP contribution in [0.2, 0.25) is 0 Å². The van der Waals surface area contributed by atoms with Gasteiger partial charge in [-0.2, -0.15) is 5.26 Å². The highest BCUT2D eigenvalue weighted by atomic mass is 16.5. The third-order valence-corrected chi connectivity index (χ3v) is 5.77. The molecule has 0 unspecified atom stereocenters. The molecule has 6 nitrogen and oxygen atoms in total. The fourth-order valence-corrected chi connectivity index (χ4v) is 3.88. The van der Waals surface area contributed by atoms with Crippen molar-refractivity contribution >= 4 is 5.69 Å². The fourth-order valence-electron chi connectivity index (χ4n) is 3.88. The summed E-state index contributed by atoms with van der Waals surface area (Å²) < 4.78 is 18.0. The van der Waals surface area contributed by atoms with Crippen LogP contribution in [0.1, 0.15) is 78.5 Å². The highest BCUT2D eigenvalue weighted by Crippen LogP contribution is 2.32. The van der Waals surface area contributed by atoms with E-state index in [1.807, 2.05) is 26.8 Å². The summed E-state index contributed by atoms with van der Waals surface area (Å²) in [5.74, 6) is 6.08. The highest BCUT2D eigenvalue weighted by molar-refractivity contribution is 5.60. The molecule has 1 aliphatic heterocycles. The van der Waals surface area contributed by atoms with Gasteiger partial charge >= 0.3 is 0 Å². The number of hydrogen-bond donors (Lipinski definition) is 0. The lowest BCUT2D eigenvalue weighted by molar-refractivity contribution is -0.137. The van der Waals surface area contributed by atoms with Gasteiger partial charge in [0.15, 0.2) is 0 Å². The molecule has 1 aromatic heterocycles. The second-order valence-corrected chi connectivity index (χ2v) is 11.3. The van der Waals surface area contributed by atoms with Crippen molar-refractivity contribution in [1.29, 1.82) is 5.26 Å². The first-order valence-electron chi connectivity index (χ1n) is 12.1.